The Hall–Kier alpha value is -1.20. The van der Waals surface area contributed by atoms with E-state index in [2.05, 4.69) is 10.6 Å². The number of amides is 2. The minimum absolute atomic E-state index is 0.0314. The van der Waals surface area contributed by atoms with Crippen molar-refractivity contribution in [2.24, 2.45) is 0 Å². The highest BCUT2D eigenvalue weighted by Crippen LogP contribution is 2.14. The molecule has 0 spiro atoms. The second-order valence-electron chi connectivity index (χ2n) is 4.29. The Morgan fingerprint density at radius 1 is 1.37 bits per heavy atom. The Balaban J connectivity index is 2.36. The third kappa shape index (κ3) is 5.98. The fourth-order valence-electron chi connectivity index (χ4n) is 1.70. The van der Waals surface area contributed by atoms with E-state index < -0.39 is 0 Å². The Kier molecular flexibility index (Phi) is 7.36. The van der Waals surface area contributed by atoms with Crippen molar-refractivity contribution in [3.63, 3.8) is 0 Å². The van der Waals surface area contributed by atoms with Gasteiger partial charge in [-0.25, -0.2) is 4.79 Å². The fraction of sp³-hybridized carbons (Fsp3) is 0.500. The standard InChI is InChI=1S/C14H22N2O2S/c1-3-12(8-9-17)16-14(18)15-10-11-4-6-13(19-2)7-5-11/h4-7,12,17H,3,8-10H2,1-2H3,(H2,15,16,18). The van der Waals surface area contributed by atoms with Gasteiger partial charge in [0.25, 0.3) is 0 Å². The Labute approximate surface area is 119 Å². The predicted octanol–water partition coefficient (Wildman–Crippen LogP) is 2.37. The van der Waals surface area contributed by atoms with Crippen molar-refractivity contribution in [1.82, 2.24) is 10.6 Å². The van der Waals surface area contributed by atoms with Crippen LogP contribution in [0.2, 0.25) is 0 Å². The summed E-state index contributed by atoms with van der Waals surface area (Å²) in [6.45, 7) is 2.59. The quantitative estimate of drug-likeness (QED) is 0.673. The van der Waals surface area contributed by atoms with Crippen LogP contribution in [-0.2, 0) is 6.54 Å². The number of hydrogen-bond donors (Lipinski definition) is 3. The molecule has 5 heteroatoms. The van der Waals surface area contributed by atoms with Gasteiger partial charge in [0.15, 0.2) is 0 Å². The summed E-state index contributed by atoms with van der Waals surface area (Å²) >= 11 is 1.70. The Morgan fingerprint density at radius 2 is 2.05 bits per heavy atom. The maximum atomic E-state index is 11.7. The van der Waals surface area contributed by atoms with Crippen LogP contribution >= 0.6 is 11.8 Å². The van der Waals surface area contributed by atoms with Crippen molar-refractivity contribution in [2.75, 3.05) is 12.9 Å². The van der Waals surface area contributed by atoms with E-state index in [1.54, 1.807) is 11.8 Å². The zero-order valence-corrected chi connectivity index (χ0v) is 12.3. The topological polar surface area (TPSA) is 61.4 Å². The molecule has 0 fully saturated rings. The molecule has 0 aliphatic rings. The summed E-state index contributed by atoms with van der Waals surface area (Å²) in [4.78, 5) is 12.9. The molecule has 1 aromatic carbocycles. The molecule has 0 aliphatic heterocycles. The molecule has 0 aliphatic carbocycles. The number of aliphatic hydroxyl groups excluding tert-OH is 1. The first kappa shape index (κ1) is 15.9. The molecule has 0 heterocycles. The molecule has 0 saturated carbocycles. The van der Waals surface area contributed by atoms with E-state index in [1.165, 1.54) is 4.90 Å². The molecule has 3 N–H and O–H groups in total. The zero-order valence-electron chi connectivity index (χ0n) is 11.5. The lowest BCUT2D eigenvalue weighted by molar-refractivity contribution is 0.227. The van der Waals surface area contributed by atoms with Gasteiger partial charge < -0.3 is 15.7 Å². The zero-order chi connectivity index (χ0) is 14.1. The molecule has 19 heavy (non-hydrogen) atoms. The van der Waals surface area contributed by atoms with E-state index in [0.29, 0.717) is 13.0 Å². The van der Waals surface area contributed by atoms with Crippen LogP contribution in [0.3, 0.4) is 0 Å². The summed E-state index contributed by atoms with van der Waals surface area (Å²) < 4.78 is 0. The summed E-state index contributed by atoms with van der Waals surface area (Å²) in [6, 6.07) is 7.95. The van der Waals surface area contributed by atoms with Crippen LogP contribution in [0.4, 0.5) is 4.79 Å². The lowest BCUT2D eigenvalue weighted by atomic mass is 10.1. The molecule has 0 saturated heterocycles. The van der Waals surface area contributed by atoms with Gasteiger partial charge in [0.2, 0.25) is 0 Å². The highest BCUT2D eigenvalue weighted by atomic mass is 32.2. The summed E-state index contributed by atoms with van der Waals surface area (Å²) in [5.74, 6) is 0. The van der Waals surface area contributed by atoms with Crippen molar-refractivity contribution < 1.29 is 9.90 Å². The number of benzene rings is 1. The van der Waals surface area contributed by atoms with Crippen LogP contribution in [0, 0.1) is 0 Å². The van der Waals surface area contributed by atoms with Gasteiger partial charge in [-0.2, -0.15) is 0 Å². The summed E-state index contributed by atoms with van der Waals surface area (Å²) in [5, 5.41) is 14.5. The van der Waals surface area contributed by atoms with Gasteiger partial charge in [-0.05, 0) is 36.8 Å². The van der Waals surface area contributed by atoms with E-state index in [1.807, 2.05) is 37.4 Å². The van der Waals surface area contributed by atoms with Crippen LogP contribution in [0.15, 0.2) is 29.2 Å². The SMILES string of the molecule is CCC(CCO)NC(=O)NCc1ccc(SC)cc1. The van der Waals surface area contributed by atoms with E-state index >= 15 is 0 Å². The number of rotatable bonds is 7. The van der Waals surface area contributed by atoms with Crippen molar-refractivity contribution in [3.8, 4) is 0 Å². The third-order valence-electron chi connectivity index (χ3n) is 2.92. The van der Waals surface area contributed by atoms with Gasteiger partial charge in [-0.15, -0.1) is 11.8 Å². The number of urea groups is 1. The lowest BCUT2D eigenvalue weighted by Gasteiger charge is -2.16. The van der Waals surface area contributed by atoms with Crippen LogP contribution in [0.1, 0.15) is 25.3 Å². The number of aliphatic hydroxyl groups is 1. The Bertz CT molecular complexity index is 382. The molecule has 0 aromatic heterocycles. The maximum Gasteiger partial charge on any atom is 0.315 e. The first-order valence-corrected chi connectivity index (χ1v) is 7.70. The summed E-state index contributed by atoms with van der Waals surface area (Å²) in [5.41, 5.74) is 1.07. The Morgan fingerprint density at radius 3 is 2.58 bits per heavy atom. The second kappa shape index (κ2) is 8.82. The number of carbonyl (C=O) groups is 1. The highest BCUT2D eigenvalue weighted by molar-refractivity contribution is 7.98. The highest BCUT2D eigenvalue weighted by Gasteiger charge is 2.08. The van der Waals surface area contributed by atoms with E-state index in [0.717, 1.165) is 12.0 Å². The first-order valence-electron chi connectivity index (χ1n) is 6.47. The van der Waals surface area contributed by atoms with Crippen LogP contribution in [-0.4, -0.2) is 30.0 Å². The molecule has 1 unspecified atom stereocenters. The predicted molar refractivity (Wildman–Crippen MR) is 79.4 cm³/mol. The molecule has 1 atom stereocenters. The van der Waals surface area contributed by atoms with E-state index in [4.69, 9.17) is 5.11 Å². The summed E-state index contributed by atoms with van der Waals surface area (Å²) in [7, 11) is 0. The molecule has 2 amide bonds. The van der Waals surface area contributed by atoms with E-state index in [-0.39, 0.29) is 18.7 Å². The normalized spacial score (nSPS) is 11.9. The summed E-state index contributed by atoms with van der Waals surface area (Å²) in [6.07, 6.45) is 3.44. The van der Waals surface area contributed by atoms with Crippen molar-refractivity contribution in [1.29, 1.82) is 0 Å². The number of nitrogens with one attached hydrogen (secondary N) is 2. The molecular formula is C14H22N2O2S. The average molecular weight is 282 g/mol. The third-order valence-corrected chi connectivity index (χ3v) is 3.66. The average Bonchev–Trinajstić information content (AvgIpc) is 2.45. The number of hydrogen-bond acceptors (Lipinski definition) is 3. The molecule has 4 nitrogen and oxygen atoms in total. The van der Waals surface area contributed by atoms with Crippen LogP contribution < -0.4 is 10.6 Å². The van der Waals surface area contributed by atoms with Gasteiger partial charge in [0.1, 0.15) is 0 Å². The van der Waals surface area contributed by atoms with Gasteiger partial charge in [-0.3, -0.25) is 0 Å². The van der Waals surface area contributed by atoms with Crippen molar-refractivity contribution in [2.45, 2.75) is 37.2 Å². The second-order valence-corrected chi connectivity index (χ2v) is 5.17. The van der Waals surface area contributed by atoms with Crippen LogP contribution in [0.5, 0.6) is 0 Å². The van der Waals surface area contributed by atoms with Crippen LogP contribution in [0.25, 0.3) is 0 Å². The maximum absolute atomic E-state index is 11.7. The van der Waals surface area contributed by atoms with Gasteiger partial charge >= 0.3 is 6.03 Å². The monoisotopic (exact) mass is 282 g/mol. The van der Waals surface area contributed by atoms with Crippen molar-refractivity contribution in [3.05, 3.63) is 29.8 Å². The minimum Gasteiger partial charge on any atom is -0.396 e. The van der Waals surface area contributed by atoms with Gasteiger partial charge in [0, 0.05) is 24.1 Å². The molecule has 1 aromatic rings. The molecule has 106 valence electrons. The first-order chi connectivity index (χ1) is 9.19. The largest absolute Gasteiger partial charge is 0.396 e. The van der Waals surface area contributed by atoms with Gasteiger partial charge in [-0.1, -0.05) is 19.1 Å². The van der Waals surface area contributed by atoms with Gasteiger partial charge in [0.05, 0.1) is 0 Å². The fourth-order valence-corrected chi connectivity index (χ4v) is 2.10. The lowest BCUT2D eigenvalue weighted by Crippen LogP contribution is -2.41. The number of thioether (sulfide) groups is 1. The molecule has 0 bridgehead atoms. The smallest absolute Gasteiger partial charge is 0.315 e. The molecular weight excluding hydrogens is 260 g/mol. The van der Waals surface area contributed by atoms with Crippen molar-refractivity contribution >= 4 is 17.8 Å². The number of carbonyl (C=O) groups excluding carboxylic acids is 1. The minimum atomic E-state index is -0.186. The molecule has 1 rings (SSSR count). The van der Waals surface area contributed by atoms with E-state index in [9.17, 15) is 4.79 Å². The molecule has 0 radical (unpaired) electrons.